The van der Waals surface area contributed by atoms with Gasteiger partial charge >= 0.3 is 0 Å². The molecule has 2 heterocycles. The van der Waals surface area contributed by atoms with E-state index in [0.717, 1.165) is 56.1 Å². The van der Waals surface area contributed by atoms with Gasteiger partial charge in [-0.3, -0.25) is 14.5 Å². The Morgan fingerprint density at radius 1 is 0.881 bits per heavy atom. The molecule has 3 aromatic carbocycles. The van der Waals surface area contributed by atoms with Gasteiger partial charge in [-0.2, -0.15) is 0 Å². The minimum Gasteiger partial charge on any atom is -0.491 e. The molecule has 0 atom stereocenters. The average Bonchev–Trinajstić information content (AvgIpc) is 3.03. The maximum Gasteiger partial charge on any atom is 0.254 e. The Balaban J connectivity index is 1.32. The van der Waals surface area contributed by atoms with Gasteiger partial charge in [0.25, 0.3) is 5.56 Å². The zero-order chi connectivity index (χ0) is 29.3. The molecule has 218 valence electrons. The van der Waals surface area contributed by atoms with Crippen molar-refractivity contribution in [2.75, 3.05) is 37.7 Å². The third-order valence-electron chi connectivity index (χ3n) is 7.88. The Bertz CT molecular complexity index is 1530. The van der Waals surface area contributed by atoms with Crippen LogP contribution in [0.2, 0.25) is 0 Å². The van der Waals surface area contributed by atoms with Gasteiger partial charge in [0.05, 0.1) is 23.6 Å². The molecule has 1 N–H and O–H groups in total. The van der Waals surface area contributed by atoms with Crippen molar-refractivity contribution in [1.29, 1.82) is 0 Å². The Labute approximate surface area is 248 Å². The fourth-order valence-electron chi connectivity index (χ4n) is 5.62. The first kappa shape index (κ1) is 29.3. The van der Waals surface area contributed by atoms with Gasteiger partial charge in [0.1, 0.15) is 5.82 Å². The minimum atomic E-state index is -0.0519. The lowest BCUT2D eigenvalue weighted by Gasteiger charge is -2.37. The highest BCUT2D eigenvalue weighted by molar-refractivity contribution is 6.11. The molecule has 4 aromatic rings. The molecule has 5 rings (SSSR count). The van der Waals surface area contributed by atoms with Gasteiger partial charge in [0.2, 0.25) is 0 Å². The second-order valence-corrected chi connectivity index (χ2v) is 10.7. The van der Waals surface area contributed by atoms with Crippen molar-refractivity contribution in [3.05, 3.63) is 123 Å². The SMILES string of the molecule is CCc1nc(CCCOc2c(C(=O)c3ccccc3)cccc2N2CCN(Cc3ccccc3)CC2)[nH]c(=O)c1CC. The summed E-state index contributed by atoms with van der Waals surface area (Å²) in [7, 11) is 0. The van der Waals surface area contributed by atoms with E-state index >= 15 is 0 Å². The van der Waals surface area contributed by atoms with Crippen molar-refractivity contribution in [3.63, 3.8) is 0 Å². The van der Waals surface area contributed by atoms with Crippen LogP contribution in [0.15, 0.2) is 83.7 Å². The molecule has 7 heteroatoms. The van der Waals surface area contributed by atoms with Crippen LogP contribution in [0.4, 0.5) is 5.69 Å². The fraction of sp³-hybridized carbons (Fsp3) is 0.343. The molecular formula is C35H40N4O3. The number of ether oxygens (including phenoxy) is 1. The van der Waals surface area contributed by atoms with Crippen molar-refractivity contribution >= 4 is 11.5 Å². The number of nitrogens with one attached hydrogen (secondary N) is 1. The van der Waals surface area contributed by atoms with Crippen LogP contribution in [0.3, 0.4) is 0 Å². The topological polar surface area (TPSA) is 78.5 Å². The maximum absolute atomic E-state index is 13.6. The van der Waals surface area contributed by atoms with E-state index in [-0.39, 0.29) is 11.3 Å². The van der Waals surface area contributed by atoms with Gasteiger partial charge in [-0.25, -0.2) is 4.98 Å². The van der Waals surface area contributed by atoms with Gasteiger partial charge < -0.3 is 14.6 Å². The summed E-state index contributed by atoms with van der Waals surface area (Å²) >= 11 is 0. The number of aryl methyl sites for hydroxylation is 2. The molecule has 1 aromatic heterocycles. The fourth-order valence-corrected chi connectivity index (χ4v) is 5.62. The number of nitrogens with zero attached hydrogens (tertiary/aromatic N) is 3. The molecule has 1 aliphatic heterocycles. The number of ketones is 1. The zero-order valence-electron chi connectivity index (χ0n) is 24.6. The second kappa shape index (κ2) is 14.1. The van der Waals surface area contributed by atoms with Crippen molar-refractivity contribution < 1.29 is 9.53 Å². The van der Waals surface area contributed by atoms with Crippen molar-refractivity contribution in [2.24, 2.45) is 0 Å². The molecule has 0 spiro atoms. The molecule has 0 unspecified atom stereocenters. The van der Waals surface area contributed by atoms with E-state index in [0.29, 0.717) is 48.6 Å². The molecule has 0 radical (unpaired) electrons. The van der Waals surface area contributed by atoms with Crippen LogP contribution in [0.5, 0.6) is 5.75 Å². The average molecular weight is 565 g/mol. The van der Waals surface area contributed by atoms with Crippen LogP contribution >= 0.6 is 0 Å². The minimum absolute atomic E-state index is 0.0484. The lowest BCUT2D eigenvalue weighted by molar-refractivity contribution is 0.103. The predicted octanol–water partition coefficient (Wildman–Crippen LogP) is 5.46. The van der Waals surface area contributed by atoms with Crippen LogP contribution in [0.1, 0.15) is 58.8 Å². The van der Waals surface area contributed by atoms with E-state index in [9.17, 15) is 9.59 Å². The number of anilines is 1. The Hall–Kier alpha value is -4.23. The highest BCUT2D eigenvalue weighted by Crippen LogP contribution is 2.35. The van der Waals surface area contributed by atoms with Gasteiger partial charge in [-0.05, 0) is 37.0 Å². The van der Waals surface area contributed by atoms with Crippen LogP contribution in [0.25, 0.3) is 0 Å². The molecule has 7 nitrogen and oxygen atoms in total. The van der Waals surface area contributed by atoms with E-state index < -0.39 is 0 Å². The first-order chi connectivity index (χ1) is 20.6. The maximum atomic E-state index is 13.6. The first-order valence-corrected chi connectivity index (χ1v) is 15.0. The molecule has 0 amide bonds. The normalized spacial score (nSPS) is 13.7. The monoisotopic (exact) mass is 564 g/mol. The first-order valence-electron chi connectivity index (χ1n) is 15.0. The molecule has 42 heavy (non-hydrogen) atoms. The third kappa shape index (κ3) is 6.97. The van der Waals surface area contributed by atoms with Gasteiger partial charge in [0.15, 0.2) is 11.5 Å². The number of H-pyrrole nitrogens is 1. The highest BCUT2D eigenvalue weighted by Gasteiger charge is 2.24. The number of aromatic amines is 1. The summed E-state index contributed by atoms with van der Waals surface area (Å²) in [5.74, 6) is 1.25. The summed E-state index contributed by atoms with van der Waals surface area (Å²) in [5, 5.41) is 0. The number of carbonyl (C=O) groups is 1. The largest absolute Gasteiger partial charge is 0.491 e. The smallest absolute Gasteiger partial charge is 0.254 e. The highest BCUT2D eigenvalue weighted by atomic mass is 16.5. The Morgan fingerprint density at radius 2 is 1.60 bits per heavy atom. The summed E-state index contributed by atoms with van der Waals surface area (Å²) < 4.78 is 6.44. The lowest BCUT2D eigenvalue weighted by Crippen LogP contribution is -2.46. The molecule has 0 saturated carbocycles. The number of carbonyl (C=O) groups excluding carboxylic acids is 1. The third-order valence-corrected chi connectivity index (χ3v) is 7.88. The van der Waals surface area contributed by atoms with Gasteiger partial charge in [-0.15, -0.1) is 0 Å². The number of benzene rings is 3. The quantitative estimate of drug-likeness (QED) is 0.182. The zero-order valence-corrected chi connectivity index (χ0v) is 24.6. The van der Waals surface area contributed by atoms with E-state index in [1.165, 1.54) is 5.56 Å². The molecule has 0 bridgehead atoms. The van der Waals surface area contributed by atoms with Crippen molar-refractivity contribution in [3.8, 4) is 5.75 Å². The number of hydrogen-bond donors (Lipinski definition) is 1. The van der Waals surface area contributed by atoms with Crippen LogP contribution in [-0.4, -0.2) is 53.4 Å². The number of aromatic nitrogens is 2. The van der Waals surface area contributed by atoms with Crippen molar-refractivity contribution in [1.82, 2.24) is 14.9 Å². The standard InChI is InChI=1S/C35H40N4O3/c1-3-28-30(4-2)36-32(37-35(28)41)19-12-24-42-34-29(33(40)27-15-9-6-10-16-27)17-11-18-31(34)39-22-20-38(21-23-39)25-26-13-7-5-8-14-26/h5-11,13-18H,3-4,12,19-25H2,1-2H3,(H,36,37,41). The Morgan fingerprint density at radius 3 is 2.29 bits per heavy atom. The van der Waals surface area contributed by atoms with E-state index in [2.05, 4.69) is 45.1 Å². The summed E-state index contributed by atoms with van der Waals surface area (Å²) in [5.41, 5.74) is 5.05. The second-order valence-electron chi connectivity index (χ2n) is 10.7. The van der Waals surface area contributed by atoms with E-state index in [1.54, 1.807) is 0 Å². The van der Waals surface area contributed by atoms with Gasteiger partial charge in [-0.1, -0.05) is 80.6 Å². The predicted molar refractivity (Wildman–Crippen MR) is 168 cm³/mol. The lowest BCUT2D eigenvalue weighted by atomic mass is 10.0. The molecule has 1 aliphatic rings. The Kier molecular flexibility index (Phi) is 9.82. The molecule has 1 fully saturated rings. The summed E-state index contributed by atoms with van der Waals surface area (Å²) in [6, 6.07) is 25.8. The molecule has 0 aliphatic carbocycles. The van der Waals surface area contributed by atoms with Crippen LogP contribution in [-0.2, 0) is 25.8 Å². The number of para-hydroxylation sites is 1. The molecular weight excluding hydrogens is 524 g/mol. The summed E-state index contributed by atoms with van der Waals surface area (Å²) in [4.78, 5) is 38.6. The van der Waals surface area contributed by atoms with E-state index in [1.807, 2.05) is 62.4 Å². The van der Waals surface area contributed by atoms with Crippen molar-refractivity contribution in [2.45, 2.75) is 46.1 Å². The van der Waals surface area contributed by atoms with Crippen LogP contribution in [0, 0.1) is 0 Å². The van der Waals surface area contributed by atoms with Gasteiger partial charge in [0, 0.05) is 50.3 Å². The van der Waals surface area contributed by atoms with E-state index in [4.69, 9.17) is 9.72 Å². The van der Waals surface area contributed by atoms with Crippen LogP contribution < -0.4 is 15.2 Å². The number of hydrogen-bond acceptors (Lipinski definition) is 6. The number of rotatable bonds is 12. The summed E-state index contributed by atoms with van der Waals surface area (Å²) in [6.45, 7) is 8.89. The molecule has 1 saturated heterocycles. The summed E-state index contributed by atoms with van der Waals surface area (Å²) in [6.07, 6.45) is 2.65. The number of piperazine rings is 1.